The molecule has 1 aliphatic heterocycles. The van der Waals surface area contributed by atoms with E-state index in [1.54, 1.807) is 38.5 Å². The summed E-state index contributed by atoms with van der Waals surface area (Å²) >= 11 is 0. The summed E-state index contributed by atoms with van der Waals surface area (Å²) in [5, 5.41) is 0. The van der Waals surface area contributed by atoms with Crippen LogP contribution in [0.15, 0.2) is 47.4 Å². The summed E-state index contributed by atoms with van der Waals surface area (Å²) in [5.41, 5.74) is 1.91. The van der Waals surface area contributed by atoms with Gasteiger partial charge in [0.2, 0.25) is 15.9 Å². The van der Waals surface area contributed by atoms with Crippen LogP contribution in [0.2, 0.25) is 0 Å². The Balaban J connectivity index is 1.40. The lowest BCUT2D eigenvalue weighted by Crippen LogP contribution is -2.31. The van der Waals surface area contributed by atoms with Crippen molar-refractivity contribution >= 4 is 15.9 Å². The van der Waals surface area contributed by atoms with Gasteiger partial charge in [0.05, 0.1) is 25.2 Å². The molecule has 4 rings (SSSR count). The fourth-order valence-electron chi connectivity index (χ4n) is 4.21. The van der Waals surface area contributed by atoms with E-state index >= 15 is 0 Å². The van der Waals surface area contributed by atoms with Gasteiger partial charge in [-0.3, -0.25) is 4.79 Å². The highest BCUT2D eigenvalue weighted by Gasteiger charge is 2.32. The molecule has 0 aromatic heterocycles. The average Bonchev–Trinajstić information content (AvgIpc) is 3.47. The number of nitrogens with zero attached hydrogens (tertiary/aromatic N) is 1. The zero-order valence-electron chi connectivity index (χ0n) is 18.5. The number of carbonyl (C=O) groups excluding carboxylic acids is 1. The normalized spacial score (nSPS) is 18.6. The van der Waals surface area contributed by atoms with Gasteiger partial charge in [-0.1, -0.05) is 12.1 Å². The van der Waals surface area contributed by atoms with Gasteiger partial charge in [0, 0.05) is 24.6 Å². The minimum absolute atomic E-state index is 0.0337. The molecule has 1 N–H and O–H groups in total. The summed E-state index contributed by atoms with van der Waals surface area (Å²) in [5.74, 6) is 1.59. The Morgan fingerprint density at radius 2 is 1.81 bits per heavy atom. The van der Waals surface area contributed by atoms with Crippen LogP contribution in [0.3, 0.4) is 0 Å². The molecule has 32 heavy (non-hydrogen) atoms. The van der Waals surface area contributed by atoms with Gasteiger partial charge in [0.1, 0.15) is 11.5 Å². The minimum atomic E-state index is -3.46. The van der Waals surface area contributed by atoms with E-state index in [-0.39, 0.29) is 22.9 Å². The Morgan fingerprint density at radius 1 is 1.06 bits per heavy atom. The first kappa shape index (κ1) is 22.6. The van der Waals surface area contributed by atoms with Crippen molar-refractivity contribution in [1.82, 2.24) is 9.62 Å². The smallest absolute Gasteiger partial charge is 0.240 e. The highest BCUT2D eigenvalue weighted by atomic mass is 32.2. The van der Waals surface area contributed by atoms with Crippen LogP contribution in [0.5, 0.6) is 11.5 Å². The highest BCUT2D eigenvalue weighted by Crippen LogP contribution is 2.39. The van der Waals surface area contributed by atoms with Crippen molar-refractivity contribution < 1.29 is 22.7 Å². The van der Waals surface area contributed by atoms with Crippen molar-refractivity contribution in [1.29, 1.82) is 0 Å². The van der Waals surface area contributed by atoms with E-state index in [4.69, 9.17) is 9.47 Å². The molecular formula is C24H30N2O5S. The van der Waals surface area contributed by atoms with E-state index in [0.29, 0.717) is 19.4 Å². The SMILES string of the molecule is COc1ccc(OC)c(C2CCCN2C(=O)CCc2ccc(S(=O)(=O)NC3CC3)cc2)c1. The number of ether oxygens (including phenoxy) is 2. The second-order valence-electron chi connectivity index (χ2n) is 8.39. The second kappa shape index (κ2) is 9.50. The standard InChI is InChI=1S/C24H30N2O5S/c1-30-19-10-13-23(31-2)21(16-19)22-4-3-15-26(22)24(27)14-7-17-5-11-20(12-6-17)32(28,29)25-18-8-9-18/h5-6,10-13,16,18,22,25H,3-4,7-9,14-15H2,1-2H3. The largest absolute Gasteiger partial charge is 0.497 e. The Bertz CT molecular complexity index is 1060. The van der Waals surface area contributed by atoms with Crippen LogP contribution in [0, 0.1) is 0 Å². The molecule has 1 saturated carbocycles. The number of rotatable bonds is 9. The average molecular weight is 459 g/mol. The lowest BCUT2D eigenvalue weighted by atomic mass is 10.0. The number of hydrogen-bond acceptors (Lipinski definition) is 5. The van der Waals surface area contributed by atoms with Crippen molar-refractivity contribution in [2.45, 2.75) is 55.5 Å². The number of methoxy groups -OCH3 is 2. The zero-order chi connectivity index (χ0) is 22.7. The molecule has 7 nitrogen and oxygen atoms in total. The molecule has 0 bridgehead atoms. The van der Waals surface area contributed by atoms with Crippen LogP contribution in [0.25, 0.3) is 0 Å². The summed E-state index contributed by atoms with van der Waals surface area (Å²) in [6.07, 6.45) is 4.56. The van der Waals surface area contributed by atoms with Crippen molar-refractivity contribution in [3.8, 4) is 11.5 Å². The van der Waals surface area contributed by atoms with E-state index in [1.807, 2.05) is 23.1 Å². The van der Waals surface area contributed by atoms with Crippen molar-refractivity contribution in [2.75, 3.05) is 20.8 Å². The summed E-state index contributed by atoms with van der Waals surface area (Å²) in [7, 11) is -0.194. The molecule has 172 valence electrons. The Kier molecular flexibility index (Phi) is 6.71. The summed E-state index contributed by atoms with van der Waals surface area (Å²) in [4.78, 5) is 15.3. The number of aryl methyl sites for hydroxylation is 1. The van der Waals surface area contributed by atoms with Crippen molar-refractivity contribution in [3.63, 3.8) is 0 Å². The number of likely N-dealkylation sites (tertiary alicyclic amines) is 1. The van der Waals surface area contributed by atoms with Gasteiger partial charge in [-0.05, 0) is 68.0 Å². The zero-order valence-corrected chi connectivity index (χ0v) is 19.4. The third-order valence-electron chi connectivity index (χ3n) is 6.13. The third-order valence-corrected chi connectivity index (χ3v) is 7.67. The molecule has 0 radical (unpaired) electrons. The highest BCUT2D eigenvalue weighted by molar-refractivity contribution is 7.89. The van der Waals surface area contributed by atoms with Crippen LogP contribution in [-0.4, -0.2) is 46.0 Å². The molecule has 2 aromatic rings. The third kappa shape index (κ3) is 5.07. The van der Waals surface area contributed by atoms with Crippen LogP contribution >= 0.6 is 0 Å². The lowest BCUT2D eigenvalue weighted by Gasteiger charge is -2.27. The number of amides is 1. The van der Waals surface area contributed by atoms with Crippen LogP contribution < -0.4 is 14.2 Å². The lowest BCUT2D eigenvalue weighted by molar-refractivity contribution is -0.132. The Morgan fingerprint density at radius 3 is 2.47 bits per heavy atom. The number of sulfonamides is 1. The molecule has 2 aromatic carbocycles. The van der Waals surface area contributed by atoms with Gasteiger partial charge < -0.3 is 14.4 Å². The Hall–Kier alpha value is -2.58. The molecule has 2 fully saturated rings. The van der Waals surface area contributed by atoms with Gasteiger partial charge >= 0.3 is 0 Å². The second-order valence-corrected chi connectivity index (χ2v) is 10.1. The molecule has 2 aliphatic rings. The molecule has 1 amide bonds. The summed E-state index contributed by atoms with van der Waals surface area (Å²) in [6.45, 7) is 0.716. The van der Waals surface area contributed by atoms with Crippen molar-refractivity contribution in [3.05, 3.63) is 53.6 Å². The summed E-state index contributed by atoms with van der Waals surface area (Å²) in [6, 6.07) is 12.5. The van der Waals surface area contributed by atoms with Crippen LogP contribution in [0.1, 0.15) is 49.3 Å². The predicted molar refractivity (Wildman–Crippen MR) is 121 cm³/mol. The minimum Gasteiger partial charge on any atom is -0.497 e. The number of nitrogens with one attached hydrogen (secondary N) is 1. The molecule has 1 saturated heterocycles. The molecular weight excluding hydrogens is 428 g/mol. The number of hydrogen-bond donors (Lipinski definition) is 1. The van der Waals surface area contributed by atoms with E-state index in [2.05, 4.69) is 4.72 Å². The number of benzene rings is 2. The van der Waals surface area contributed by atoms with E-state index in [9.17, 15) is 13.2 Å². The predicted octanol–water partition coefficient (Wildman–Crippen LogP) is 3.44. The molecule has 1 heterocycles. The molecule has 1 atom stereocenters. The topological polar surface area (TPSA) is 84.9 Å². The van der Waals surface area contributed by atoms with E-state index in [0.717, 1.165) is 48.3 Å². The van der Waals surface area contributed by atoms with Gasteiger partial charge in [-0.2, -0.15) is 0 Å². The summed E-state index contributed by atoms with van der Waals surface area (Å²) < 4.78 is 38.2. The fourth-order valence-corrected chi connectivity index (χ4v) is 5.51. The number of carbonyl (C=O) groups is 1. The van der Waals surface area contributed by atoms with Crippen LogP contribution in [-0.2, 0) is 21.2 Å². The first-order valence-corrected chi connectivity index (χ1v) is 12.5. The van der Waals surface area contributed by atoms with E-state index < -0.39 is 10.0 Å². The van der Waals surface area contributed by atoms with Crippen molar-refractivity contribution in [2.24, 2.45) is 0 Å². The molecule has 1 unspecified atom stereocenters. The Labute approximate surface area is 189 Å². The fraction of sp³-hybridized carbons (Fsp3) is 0.458. The van der Waals surface area contributed by atoms with Crippen LogP contribution in [0.4, 0.5) is 0 Å². The monoisotopic (exact) mass is 458 g/mol. The van der Waals surface area contributed by atoms with Gasteiger partial charge in [-0.15, -0.1) is 0 Å². The maximum absolute atomic E-state index is 13.1. The molecule has 0 spiro atoms. The maximum Gasteiger partial charge on any atom is 0.240 e. The molecule has 8 heteroatoms. The first-order chi connectivity index (χ1) is 15.4. The van der Waals surface area contributed by atoms with E-state index in [1.165, 1.54) is 0 Å². The molecule has 1 aliphatic carbocycles. The maximum atomic E-state index is 13.1. The van der Waals surface area contributed by atoms with Gasteiger partial charge in [0.25, 0.3) is 0 Å². The van der Waals surface area contributed by atoms with Gasteiger partial charge in [-0.25, -0.2) is 13.1 Å². The quantitative estimate of drug-likeness (QED) is 0.622. The first-order valence-electron chi connectivity index (χ1n) is 11.0. The van der Waals surface area contributed by atoms with Gasteiger partial charge in [0.15, 0.2) is 0 Å².